The van der Waals surface area contributed by atoms with Gasteiger partial charge in [-0.1, -0.05) is 31.5 Å². The Labute approximate surface area is 129 Å². The van der Waals surface area contributed by atoms with Crippen molar-refractivity contribution in [3.05, 3.63) is 47.1 Å². The molecule has 1 amide bonds. The van der Waals surface area contributed by atoms with Crippen molar-refractivity contribution in [2.75, 3.05) is 10.6 Å². The van der Waals surface area contributed by atoms with Crippen LogP contribution >= 0.6 is 11.6 Å². The average Bonchev–Trinajstić information content (AvgIpc) is 2.46. The lowest BCUT2D eigenvalue weighted by Gasteiger charge is -2.11. The number of halogens is 1. The zero-order chi connectivity index (χ0) is 15.4. The Kier molecular flexibility index (Phi) is 4.81. The van der Waals surface area contributed by atoms with Gasteiger partial charge in [-0.25, -0.2) is 4.98 Å². The van der Waals surface area contributed by atoms with Gasteiger partial charge in [0.15, 0.2) is 0 Å². The van der Waals surface area contributed by atoms with Crippen molar-refractivity contribution < 1.29 is 4.79 Å². The van der Waals surface area contributed by atoms with Gasteiger partial charge >= 0.3 is 0 Å². The first-order chi connectivity index (χ1) is 9.97. The molecule has 0 saturated carbocycles. The van der Waals surface area contributed by atoms with Gasteiger partial charge in [0.1, 0.15) is 5.82 Å². The molecule has 0 atom stereocenters. The lowest BCUT2D eigenvalue weighted by atomic mass is 10.2. The maximum Gasteiger partial charge on any atom is 0.226 e. The van der Waals surface area contributed by atoms with Gasteiger partial charge in [-0.15, -0.1) is 0 Å². The Bertz CT molecular complexity index is 638. The first-order valence-corrected chi connectivity index (χ1v) is 7.14. The highest BCUT2D eigenvalue weighted by Crippen LogP contribution is 2.25. The third kappa shape index (κ3) is 3.95. The monoisotopic (exact) mass is 303 g/mol. The summed E-state index contributed by atoms with van der Waals surface area (Å²) in [5.41, 5.74) is 2.56. The molecule has 0 aliphatic carbocycles. The minimum absolute atomic E-state index is 0.0248. The smallest absolute Gasteiger partial charge is 0.226 e. The molecule has 4 nitrogen and oxygen atoms in total. The summed E-state index contributed by atoms with van der Waals surface area (Å²) in [5.74, 6) is 0.614. The van der Waals surface area contributed by atoms with Crippen molar-refractivity contribution in [3.63, 3.8) is 0 Å². The van der Waals surface area contributed by atoms with Crippen LogP contribution in [0.4, 0.5) is 17.2 Å². The zero-order valence-electron chi connectivity index (χ0n) is 12.3. The molecule has 1 aromatic heterocycles. The van der Waals surface area contributed by atoms with Gasteiger partial charge < -0.3 is 10.6 Å². The molecule has 0 radical (unpaired) electrons. The minimum Gasteiger partial charge on any atom is -0.340 e. The minimum atomic E-state index is -0.0584. The van der Waals surface area contributed by atoms with Gasteiger partial charge in [0.2, 0.25) is 5.91 Å². The molecular formula is C16H18ClN3O. The molecule has 1 heterocycles. The fourth-order valence-corrected chi connectivity index (χ4v) is 1.88. The summed E-state index contributed by atoms with van der Waals surface area (Å²) < 4.78 is 0. The number of carbonyl (C=O) groups excluding carboxylic acids is 1. The maximum atomic E-state index is 11.6. The van der Waals surface area contributed by atoms with E-state index in [1.807, 2.05) is 51.1 Å². The number of aromatic nitrogens is 1. The van der Waals surface area contributed by atoms with Crippen LogP contribution in [0.15, 0.2) is 36.5 Å². The summed E-state index contributed by atoms with van der Waals surface area (Å²) >= 11 is 6.08. The topological polar surface area (TPSA) is 54.0 Å². The van der Waals surface area contributed by atoms with E-state index in [9.17, 15) is 4.79 Å². The van der Waals surface area contributed by atoms with Gasteiger partial charge in [-0.3, -0.25) is 4.79 Å². The Morgan fingerprint density at radius 2 is 2.00 bits per heavy atom. The SMILES string of the molecule is Cc1c(Cl)cccc1Nc1ccc(NC(=O)C(C)C)cn1. The van der Waals surface area contributed by atoms with E-state index in [4.69, 9.17) is 11.6 Å². The molecule has 21 heavy (non-hydrogen) atoms. The molecule has 1 aromatic carbocycles. The summed E-state index contributed by atoms with van der Waals surface area (Å²) in [6, 6.07) is 9.30. The largest absolute Gasteiger partial charge is 0.340 e. The molecule has 2 rings (SSSR count). The average molecular weight is 304 g/mol. The maximum absolute atomic E-state index is 11.6. The second-order valence-electron chi connectivity index (χ2n) is 5.11. The van der Waals surface area contributed by atoms with Gasteiger partial charge in [-0.05, 0) is 36.8 Å². The van der Waals surface area contributed by atoms with Crippen LogP contribution < -0.4 is 10.6 Å². The van der Waals surface area contributed by atoms with Crippen molar-refractivity contribution in [2.45, 2.75) is 20.8 Å². The lowest BCUT2D eigenvalue weighted by molar-refractivity contribution is -0.118. The highest BCUT2D eigenvalue weighted by atomic mass is 35.5. The van der Waals surface area contributed by atoms with Crippen LogP contribution in [0.2, 0.25) is 5.02 Å². The molecule has 110 valence electrons. The summed E-state index contributed by atoms with van der Waals surface area (Å²) in [6.45, 7) is 5.64. The number of hydrogen-bond acceptors (Lipinski definition) is 3. The van der Waals surface area contributed by atoms with Crippen LogP contribution in [0.5, 0.6) is 0 Å². The van der Waals surface area contributed by atoms with Gasteiger partial charge in [0.25, 0.3) is 0 Å². The van der Waals surface area contributed by atoms with Gasteiger partial charge in [-0.2, -0.15) is 0 Å². The van der Waals surface area contributed by atoms with Crippen LogP contribution in [-0.4, -0.2) is 10.9 Å². The molecule has 0 bridgehead atoms. The Morgan fingerprint density at radius 1 is 1.24 bits per heavy atom. The van der Waals surface area contributed by atoms with E-state index < -0.39 is 0 Å². The third-order valence-corrected chi connectivity index (χ3v) is 3.50. The first-order valence-electron chi connectivity index (χ1n) is 6.76. The normalized spacial score (nSPS) is 10.5. The molecule has 0 fully saturated rings. The summed E-state index contributed by atoms with van der Waals surface area (Å²) in [7, 11) is 0. The second-order valence-corrected chi connectivity index (χ2v) is 5.52. The van der Waals surface area contributed by atoms with E-state index in [2.05, 4.69) is 15.6 Å². The van der Waals surface area contributed by atoms with Crippen LogP contribution in [0.1, 0.15) is 19.4 Å². The van der Waals surface area contributed by atoms with Crippen molar-refractivity contribution in [3.8, 4) is 0 Å². The number of hydrogen-bond donors (Lipinski definition) is 2. The lowest BCUT2D eigenvalue weighted by Crippen LogP contribution is -2.17. The van der Waals surface area contributed by atoms with E-state index in [1.165, 1.54) is 0 Å². The van der Waals surface area contributed by atoms with Gasteiger partial charge in [0, 0.05) is 16.6 Å². The first kappa shape index (κ1) is 15.3. The van der Waals surface area contributed by atoms with Crippen LogP contribution in [0, 0.1) is 12.8 Å². The Morgan fingerprint density at radius 3 is 2.62 bits per heavy atom. The third-order valence-electron chi connectivity index (χ3n) is 3.09. The van der Waals surface area contributed by atoms with Crippen molar-refractivity contribution in [1.29, 1.82) is 0 Å². The van der Waals surface area contributed by atoms with E-state index in [0.717, 1.165) is 11.3 Å². The molecule has 2 aromatic rings. The number of nitrogens with zero attached hydrogens (tertiary/aromatic N) is 1. The number of pyridine rings is 1. The number of anilines is 3. The van der Waals surface area contributed by atoms with Crippen LogP contribution in [-0.2, 0) is 4.79 Å². The summed E-state index contributed by atoms with van der Waals surface area (Å²) in [6.07, 6.45) is 1.63. The van der Waals surface area contributed by atoms with Crippen molar-refractivity contribution in [1.82, 2.24) is 4.98 Å². The number of carbonyl (C=O) groups is 1. The number of nitrogens with one attached hydrogen (secondary N) is 2. The van der Waals surface area contributed by atoms with E-state index in [1.54, 1.807) is 6.20 Å². The zero-order valence-corrected chi connectivity index (χ0v) is 13.0. The predicted octanol–water partition coefficient (Wildman–Crippen LogP) is 4.38. The number of benzene rings is 1. The summed E-state index contributed by atoms with van der Waals surface area (Å²) in [5, 5.41) is 6.72. The number of amides is 1. The van der Waals surface area contributed by atoms with Crippen LogP contribution in [0.3, 0.4) is 0 Å². The van der Waals surface area contributed by atoms with E-state index in [0.29, 0.717) is 16.5 Å². The Hall–Kier alpha value is -2.07. The quantitative estimate of drug-likeness (QED) is 0.881. The molecular weight excluding hydrogens is 286 g/mol. The number of rotatable bonds is 4. The molecule has 0 aliphatic heterocycles. The second kappa shape index (κ2) is 6.59. The van der Waals surface area contributed by atoms with E-state index >= 15 is 0 Å². The molecule has 0 unspecified atom stereocenters. The highest BCUT2D eigenvalue weighted by Gasteiger charge is 2.07. The summed E-state index contributed by atoms with van der Waals surface area (Å²) in [4.78, 5) is 15.9. The molecule has 2 N–H and O–H groups in total. The van der Waals surface area contributed by atoms with Crippen molar-refractivity contribution in [2.24, 2.45) is 5.92 Å². The fraction of sp³-hybridized carbons (Fsp3) is 0.250. The fourth-order valence-electron chi connectivity index (χ4n) is 1.71. The standard InChI is InChI=1S/C16H18ClN3O/c1-10(2)16(21)19-12-7-8-15(18-9-12)20-14-6-4-5-13(17)11(14)3/h4-10H,1-3H3,(H,18,20)(H,19,21). The van der Waals surface area contributed by atoms with Crippen molar-refractivity contribution >= 4 is 34.7 Å². The Balaban J connectivity index is 2.09. The predicted molar refractivity (Wildman–Crippen MR) is 87.2 cm³/mol. The van der Waals surface area contributed by atoms with Gasteiger partial charge in [0.05, 0.1) is 11.9 Å². The molecule has 0 spiro atoms. The highest BCUT2D eigenvalue weighted by molar-refractivity contribution is 6.31. The molecule has 5 heteroatoms. The molecule has 0 aliphatic rings. The molecule has 0 saturated heterocycles. The van der Waals surface area contributed by atoms with Crippen LogP contribution in [0.25, 0.3) is 0 Å². The van der Waals surface area contributed by atoms with E-state index in [-0.39, 0.29) is 11.8 Å².